The molecule has 0 unspecified atom stereocenters. The second-order valence-electron chi connectivity index (χ2n) is 5.23. The summed E-state index contributed by atoms with van der Waals surface area (Å²) in [6, 6.07) is 2.75. The second kappa shape index (κ2) is 6.36. The minimum atomic E-state index is -1.36. The number of carbonyl (C=O) groups excluding carboxylic acids is 1. The van der Waals surface area contributed by atoms with Crippen molar-refractivity contribution >= 4 is 28.1 Å². The molecule has 1 N–H and O–H groups in total. The Morgan fingerprint density at radius 2 is 1.96 bits per heavy atom. The van der Waals surface area contributed by atoms with Crippen LogP contribution in [0.3, 0.4) is 0 Å². The molecule has 3 rings (SSSR count). The minimum Gasteiger partial charge on any atom is -0.507 e. The molecule has 2 aromatic carbocycles. The predicted molar refractivity (Wildman–Crippen MR) is 87.3 cm³/mol. The molecule has 25 heavy (non-hydrogen) atoms. The summed E-state index contributed by atoms with van der Waals surface area (Å²) < 4.78 is 46.3. The van der Waals surface area contributed by atoms with Gasteiger partial charge in [0.1, 0.15) is 21.5 Å². The van der Waals surface area contributed by atoms with Crippen molar-refractivity contribution in [3.63, 3.8) is 0 Å². The number of rotatable bonds is 3. The van der Waals surface area contributed by atoms with E-state index in [0.717, 1.165) is 11.3 Å². The highest BCUT2D eigenvalue weighted by Gasteiger charge is 2.21. The van der Waals surface area contributed by atoms with E-state index >= 15 is 0 Å². The summed E-state index contributed by atoms with van der Waals surface area (Å²) in [4.78, 5) is 16.3. The lowest BCUT2D eigenvalue weighted by atomic mass is 10.0. The first kappa shape index (κ1) is 17.2. The van der Waals surface area contributed by atoms with Crippen LogP contribution in [-0.2, 0) is 4.74 Å². The van der Waals surface area contributed by atoms with E-state index in [9.17, 15) is 23.1 Å². The number of carbonyl (C=O) groups is 1. The topological polar surface area (TPSA) is 59.4 Å². The fourth-order valence-electron chi connectivity index (χ4n) is 2.46. The van der Waals surface area contributed by atoms with Gasteiger partial charge in [-0.15, -0.1) is 11.3 Å². The molecular weight excluding hydrogens is 355 g/mol. The maximum absolute atomic E-state index is 14.0. The maximum Gasteiger partial charge on any atom is 0.350 e. The molecule has 0 aliphatic rings. The lowest BCUT2D eigenvalue weighted by Crippen LogP contribution is -2.03. The average molecular weight is 367 g/mol. The number of aromatic nitrogens is 1. The van der Waals surface area contributed by atoms with Crippen molar-refractivity contribution in [2.75, 3.05) is 6.61 Å². The molecule has 0 saturated carbocycles. The van der Waals surface area contributed by atoms with E-state index < -0.39 is 39.9 Å². The van der Waals surface area contributed by atoms with Crippen molar-refractivity contribution in [1.29, 1.82) is 0 Å². The third-order valence-corrected chi connectivity index (χ3v) is 4.75. The SMILES string of the molecule is CCOC(=O)c1sc(-c2cc(O)c3c(F)cc(F)c(F)c3c2)nc1C. The van der Waals surface area contributed by atoms with E-state index in [1.165, 1.54) is 12.1 Å². The van der Waals surface area contributed by atoms with E-state index in [1.54, 1.807) is 13.8 Å². The van der Waals surface area contributed by atoms with E-state index in [1.807, 2.05) is 0 Å². The minimum absolute atomic E-state index is 0.200. The quantitative estimate of drug-likeness (QED) is 0.544. The van der Waals surface area contributed by atoms with E-state index in [-0.39, 0.29) is 17.0 Å². The van der Waals surface area contributed by atoms with Gasteiger partial charge in [-0.3, -0.25) is 0 Å². The van der Waals surface area contributed by atoms with Gasteiger partial charge in [0.05, 0.1) is 17.7 Å². The fourth-order valence-corrected chi connectivity index (χ4v) is 3.40. The van der Waals surface area contributed by atoms with Crippen molar-refractivity contribution in [1.82, 2.24) is 4.98 Å². The highest BCUT2D eigenvalue weighted by Crippen LogP contribution is 2.37. The molecule has 4 nitrogen and oxygen atoms in total. The average Bonchev–Trinajstić information content (AvgIpc) is 2.94. The van der Waals surface area contributed by atoms with Crippen molar-refractivity contribution in [3.8, 4) is 16.3 Å². The lowest BCUT2D eigenvalue weighted by molar-refractivity contribution is 0.0531. The summed E-state index contributed by atoms with van der Waals surface area (Å²) >= 11 is 0.985. The van der Waals surface area contributed by atoms with Crippen molar-refractivity contribution in [2.45, 2.75) is 13.8 Å². The number of thiazole rings is 1. The monoisotopic (exact) mass is 367 g/mol. The lowest BCUT2D eigenvalue weighted by Gasteiger charge is -2.07. The first-order chi connectivity index (χ1) is 11.8. The largest absolute Gasteiger partial charge is 0.507 e. The molecule has 130 valence electrons. The van der Waals surface area contributed by atoms with Gasteiger partial charge in [-0.25, -0.2) is 22.9 Å². The van der Waals surface area contributed by atoms with Crippen LogP contribution in [-0.4, -0.2) is 22.7 Å². The van der Waals surface area contributed by atoms with Crippen LogP contribution in [0, 0.1) is 24.4 Å². The molecule has 0 amide bonds. The van der Waals surface area contributed by atoms with Gasteiger partial charge in [0.2, 0.25) is 0 Å². The van der Waals surface area contributed by atoms with Gasteiger partial charge in [-0.05, 0) is 26.0 Å². The van der Waals surface area contributed by atoms with Gasteiger partial charge in [0, 0.05) is 17.0 Å². The van der Waals surface area contributed by atoms with Gasteiger partial charge in [0.15, 0.2) is 11.6 Å². The van der Waals surface area contributed by atoms with Gasteiger partial charge < -0.3 is 9.84 Å². The summed E-state index contributed by atoms with van der Waals surface area (Å²) in [6.45, 7) is 3.47. The van der Waals surface area contributed by atoms with E-state index in [2.05, 4.69) is 4.98 Å². The van der Waals surface area contributed by atoms with Crippen molar-refractivity contribution < 1.29 is 27.8 Å². The van der Waals surface area contributed by atoms with Crippen LogP contribution in [0.15, 0.2) is 18.2 Å². The molecule has 0 saturated heterocycles. The van der Waals surface area contributed by atoms with Gasteiger partial charge in [-0.1, -0.05) is 0 Å². The van der Waals surface area contributed by atoms with Gasteiger partial charge in [0.25, 0.3) is 0 Å². The number of aromatic hydroxyl groups is 1. The Morgan fingerprint density at radius 3 is 2.64 bits per heavy atom. The number of phenols is 1. The normalized spacial score (nSPS) is 11.1. The summed E-state index contributed by atoms with van der Waals surface area (Å²) in [5, 5.41) is 9.51. The zero-order valence-corrected chi connectivity index (χ0v) is 14.0. The van der Waals surface area contributed by atoms with Crippen LogP contribution in [0.1, 0.15) is 22.3 Å². The Balaban J connectivity index is 2.19. The standard InChI is InChI=1S/C17H12F3NO3S/c1-3-24-17(23)15-7(2)21-16(25-15)8-4-9-13(12(22)5-8)10(18)6-11(19)14(9)20/h4-6,22H,3H2,1-2H3. The molecule has 0 atom stereocenters. The Morgan fingerprint density at radius 1 is 1.24 bits per heavy atom. The Bertz CT molecular complexity index is 1000. The summed E-state index contributed by atoms with van der Waals surface area (Å²) in [5.74, 6) is -4.79. The third-order valence-electron chi connectivity index (χ3n) is 3.56. The summed E-state index contributed by atoms with van der Waals surface area (Å²) in [7, 11) is 0. The molecule has 0 aliphatic carbocycles. The number of hydrogen-bond donors (Lipinski definition) is 1. The van der Waals surface area contributed by atoms with Crippen LogP contribution < -0.4 is 0 Å². The number of halogens is 3. The van der Waals surface area contributed by atoms with Gasteiger partial charge >= 0.3 is 5.97 Å². The Kier molecular flexibility index (Phi) is 4.38. The number of nitrogens with zero attached hydrogens (tertiary/aromatic N) is 1. The molecule has 8 heteroatoms. The number of hydrogen-bond acceptors (Lipinski definition) is 5. The predicted octanol–water partition coefficient (Wildman–Crippen LogP) is 4.57. The van der Waals surface area contributed by atoms with Crippen LogP contribution in [0.25, 0.3) is 21.3 Å². The zero-order valence-electron chi connectivity index (χ0n) is 13.2. The molecule has 0 spiro atoms. The number of aryl methyl sites for hydroxylation is 1. The molecule has 0 fully saturated rings. The molecule has 0 aliphatic heterocycles. The highest BCUT2D eigenvalue weighted by molar-refractivity contribution is 7.17. The van der Waals surface area contributed by atoms with Crippen LogP contribution in [0.2, 0.25) is 0 Å². The van der Waals surface area contributed by atoms with E-state index in [4.69, 9.17) is 4.74 Å². The highest BCUT2D eigenvalue weighted by atomic mass is 32.1. The Hall–Kier alpha value is -2.61. The first-order valence-electron chi connectivity index (χ1n) is 7.28. The van der Waals surface area contributed by atoms with Crippen molar-refractivity contribution in [2.24, 2.45) is 0 Å². The summed E-state index contributed by atoms with van der Waals surface area (Å²) in [6.07, 6.45) is 0. The number of fused-ring (bicyclic) bond motifs is 1. The van der Waals surface area contributed by atoms with Crippen LogP contribution in [0.4, 0.5) is 13.2 Å². The number of phenolic OH excluding ortho intramolecular Hbond substituents is 1. The number of esters is 1. The number of benzene rings is 2. The third kappa shape index (κ3) is 2.93. The number of ether oxygens (including phenoxy) is 1. The molecule has 0 radical (unpaired) electrons. The fraction of sp³-hybridized carbons (Fsp3) is 0.176. The molecular formula is C17H12F3NO3S. The second-order valence-corrected chi connectivity index (χ2v) is 6.23. The molecule has 3 aromatic rings. The van der Waals surface area contributed by atoms with Gasteiger partial charge in [-0.2, -0.15) is 0 Å². The van der Waals surface area contributed by atoms with Crippen LogP contribution >= 0.6 is 11.3 Å². The van der Waals surface area contributed by atoms with Crippen molar-refractivity contribution in [3.05, 3.63) is 46.2 Å². The summed E-state index contributed by atoms with van der Waals surface area (Å²) in [5.41, 5.74) is 0.640. The molecule has 1 aromatic heterocycles. The zero-order chi connectivity index (χ0) is 18.3. The van der Waals surface area contributed by atoms with E-state index in [0.29, 0.717) is 16.8 Å². The Labute approximate surface area is 144 Å². The van der Waals surface area contributed by atoms with Crippen LogP contribution in [0.5, 0.6) is 5.75 Å². The molecule has 1 heterocycles. The maximum atomic E-state index is 14.0. The first-order valence-corrected chi connectivity index (χ1v) is 8.10. The smallest absolute Gasteiger partial charge is 0.350 e. The molecule has 0 bridgehead atoms.